The van der Waals surface area contributed by atoms with Crippen LogP contribution in [0.15, 0.2) is 16.5 Å². The summed E-state index contributed by atoms with van der Waals surface area (Å²) >= 11 is 0. The molecule has 1 saturated carbocycles. The first-order valence-corrected chi connectivity index (χ1v) is 7.41. The van der Waals surface area contributed by atoms with E-state index in [1.807, 2.05) is 4.90 Å². The largest absolute Gasteiger partial charge is 0.433 e. The second-order valence-corrected chi connectivity index (χ2v) is 5.78. The third kappa shape index (κ3) is 3.24. The minimum Gasteiger partial charge on any atom is -0.395 e. The summed E-state index contributed by atoms with van der Waals surface area (Å²) < 4.78 is 5.05. The highest BCUT2D eigenvalue weighted by molar-refractivity contribution is 5.92. The highest BCUT2D eigenvalue weighted by Gasteiger charge is 2.36. The number of furan rings is 1. The van der Waals surface area contributed by atoms with Gasteiger partial charge in [-0.05, 0) is 50.8 Å². The Balaban J connectivity index is 1.70. The minimum atomic E-state index is -0.620. The van der Waals surface area contributed by atoms with Gasteiger partial charge in [-0.15, -0.1) is 0 Å². The van der Waals surface area contributed by atoms with Crippen molar-refractivity contribution in [3.05, 3.63) is 28.0 Å². The smallest absolute Gasteiger partial charge is 0.395 e. The molecule has 0 radical (unpaired) electrons. The van der Waals surface area contributed by atoms with Gasteiger partial charge in [-0.25, -0.2) is 0 Å². The van der Waals surface area contributed by atoms with Crippen molar-refractivity contribution in [2.75, 3.05) is 19.6 Å². The van der Waals surface area contributed by atoms with E-state index in [0.717, 1.165) is 45.3 Å². The number of piperidine rings is 1. The monoisotopic (exact) mass is 293 g/mol. The van der Waals surface area contributed by atoms with Gasteiger partial charge in [0.05, 0.1) is 6.07 Å². The molecule has 21 heavy (non-hydrogen) atoms. The number of nitrogens with zero attached hydrogens (tertiary/aromatic N) is 2. The Kier molecular flexibility index (Phi) is 3.92. The molecule has 1 N–H and O–H groups in total. The number of nitro groups is 1. The maximum absolute atomic E-state index is 12.5. The maximum Gasteiger partial charge on any atom is 0.433 e. The fraction of sp³-hybridized carbons (Fsp3) is 0.643. The highest BCUT2D eigenvalue weighted by Crippen LogP contribution is 2.31. The molecule has 114 valence electrons. The predicted octanol–water partition coefficient (Wildman–Crippen LogP) is 1.79. The fourth-order valence-corrected chi connectivity index (χ4v) is 2.81. The second-order valence-electron chi connectivity index (χ2n) is 5.78. The molecule has 7 nitrogen and oxygen atoms in total. The lowest BCUT2D eigenvalue weighted by Gasteiger charge is -2.29. The summed E-state index contributed by atoms with van der Waals surface area (Å²) in [6.07, 6.45) is 4.16. The zero-order valence-electron chi connectivity index (χ0n) is 11.8. The van der Waals surface area contributed by atoms with Crippen molar-refractivity contribution < 1.29 is 14.1 Å². The van der Waals surface area contributed by atoms with Crippen LogP contribution >= 0.6 is 0 Å². The minimum absolute atomic E-state index is 0.0718. The third-order valence-electron chi connectivity index (χ3n) is 4.14. The number of carbonyl (C=O) groups excluding carboxylic acids is 1. The quantitative estimate of drug-likeness (QED) is 0.660. The Hall–Kier alpha value is -1.89. The predicted molar refractivity (Wildman–Crippen MR) is 75.0 cm³/mol. The van der Waals surface area contributed by atoms with Crippen molar-refractivity contribution in [1.82, 2.24) is 10.2 Å². The van der Waals surface area contributed by atoms with Crippen molar-refractivity contribution in [1.29, 1.82) is 0 Å². The molecule has 1 amide bonds. The van der Waals surface area contributed by atoms with Gasteiger partial charge in [-0.2, -0.15) is 0 Å². The van der Waals surface area contributed by atoms with E-state index in [4.69, 9.17) is 4.42 Å². The Morgan fingerprint density at radius 1 is 1.33 bits per heavy atom. The first-order chi connectivity index (χ1) is 10.1. The van der Waals surface area contributed by atoms with Crippen LogP contribution in [0, 0.1) is 16.0 Å². The second kappa shape index (κ2) is 5.85. The van der Waals surface area contributed by atoms with Gasteiger partial charge in [0.2, 0.25) is 0 Å². The van der Waals surface area contributed by atoms with Crippen LogP contribution in [0.25, 0.3) is 0 Å². The first-order valence-electron chi connectivity index (χ1n) is 7.41. The van der Waals surface area contributed by atoms with Crippen molar-refractivity contribution in [3.63, 3.8) is 0 Å². The molecule has 1 aromatic heterocycles. The summed E-state index contributed by atoms with van der Waals surface area (Å²) in [5.74, 6) is -0.0246. The van der Waals surface area contributed by atoms with Crippen LogP contribution in [-0.2, 0) is 0 Å². The fourth-order valence-electron chi connectivity index (χ4n) is 2.81. The Morgan fingerprint density at radius 2 is 2.05 bits per heavy atom. The third-order valence-corrected chi connectivity index (χ3v) is 4.14. The zero-order chi connectivity index (χ0) is 14.8. The van der Waals surface area contributed by atoms with Gasteiger partial charge in [0, 0.05) is 12.6 Å². The van der Waals surface area contributed by atoms with Gasteiger partial charge < -0.3 is 14.6 Å². The van der Waals surface area contributed by atoms with E-state index in [2.05, 4.69) is 5.32 Å². The van der Waals surface area contributed by atoms with Crippen molar-refractivity contribution in [3.8, 4) is 0 Å². The molecule has 7 heteroatoms. The van der Waals surface area contributed by atoms with Crippen molar-refractivity contribution >= 4 is 11.8 Å². The summed E-state index contributed by atoms with van der Waals surface area (Å²) in [7, 11) is 0. The molecule has 3 rings (SSSR count). The summed E-state index contributed by atoms with van der Waals surface area (Å²) in [6.45, 7) is 2.70. The summed E-state index contributed by atoms with van der Waals surface area (Å²) in [5.41, 5.74) is 0. The van der Waals surface area contributed by atoms with Gasteiger partial charge >= 0.3 is 5.88 Å². The topological polar surface area (TPSA) is 88.6 Å². The van der Waals surface area contributed by atoms with E-state index in [-0.39, 0.29) is 23.6 Å². The lowest BCUT2D eigenvalue weighted by Crippen LogP contribution is -2.40. The number of amides is 1. The first kappa shape index (κ1) is 14.1. The van der Waals surface area contributed by atoms with Gasteiger partial charge in [0.15, 0.2) is 5.76 Å². The Bertz CT molecular complexity index is 532. The van der Waals surface area contributed by atoms with Gasteiger partial charge in [0.1, 0.15) is 4.92 Å². The van der Waals surface area contributed by atoms with E-state index < -0.39 is 4.92 Å². The average Bonchev–Trinajstić information content (AvgIpc) is 3.20. The number of nitrogens with one attached hydrogen (secondary N) is 1. The standard InChI is InChI=1S/C14H19N3O4/c18-14(12-3-4-13(21-12)17(19)20)16(11-1-2-11)9-10-5-7-15-8-6-10/h3-4,10-11,15H,1-2,5-9H2. The van der Waals surface area contributed by atoms with Gasteiger partial charge in [-0.1, -0.05) is 0 Å². The van der Waals surface area contributed by atoms with E-state index in [9.17, 15) is 14.9 Å². The molecule has 2 fully saturated rings. The Labute approximate surface area is 122 Å². The van der Waals surface area contributed by atoms with Crippen LogP contribution in [0.1, 0.15) is 36.2 Å². The molecule has 0 bridgehead atoms. The van der Waals surface area contributed by atoms with Crippen LogP contribution in [0.2, 0.25) is 0 Å². The highest BCUT2D eigenvalue weighted by atomic mass is 16.6. The number of hydrogen-bond acceptors (Lipinski definition) is 5. The molecule has 0 unspecified atom stereocenters. The van der Waals surface area contributed by atoms with Crippen LogP contribution < -0.4 is 5.32 Å². The SMILES string of the molecule is O=C(c1ccc([N+](=O)[O-])o1)N(CC1CCNCC1)C1CC1. The lowest BCUT2D eigenvalue weighted by atomic mass is 9.97. The van der Waals surface area contributed by atoms with E-state index in [1.54, 1.807) is 0 Å². The number of hydrogen-bond donors (Lipinski definition) is 1. The maximum atomic E-state index is 12.5. The number of rotatable bonds is 5. The van der Waals surface area contributed by atoms with E-state index >= 15 is 0 Å². The summed E-state index contributed by atoms with van der Waals surface area (Å²) in [5, 5.41) is 14.0. The van der Waals surface area contributed by atoms with Crippen LogP contribution in [0.3, 0.4) is 0 Å². The van der Waals surface area contributed by atoms with Crippen LogP contribution in [0.5, 0.6) is 0 Å². The molecular formula is C14H19N3O4. The molecule has 2 aliphatic rings. The summed E-state index contributed by atoms with van der Waals surface area (Å²) in [4.78, 5) is 24.4. The summed E-state index contributed by atoms with van der Waals surface area (Å²) in [6, 6.07) is 2.91. The molecule has 2 heterocycles. The van der Waals surface area contributed by atoms with Crippen LogP contribution in [0.4, 0.5) is 5.88 Å². The molecule has 1 saturated heterocycles. The molecule has 1 aliphatic heterocycles. The molecule has 0 aromatic carbocycles. The molecule has 1 aromatic rings. The van der Waals surface area contributed by atoms with E-state index in [1.165, 1.54) is 12.1 Å². The molecule has 1 aliphatic carbocycles. The van der Waals surface area contributed by atoms with Crippen LogP contribution in [-0.4, -0.2) is 41.4 Å². The van der Waals surface area contributed by atoms with E-state index in [0.29, 0.717) is 5.92 Å². The normalized spacial score (nSPS) is 19.4. The van der Waals surface area contributed by atoms with Gasteiger partial charge in [-0.3, -0.25) is 14.9 Å². The lowest BCUT2D eigenvalue weighted by molar-refractivity contribution is -0.402. The van der Waals surface area contributed by atoms with Crippen molar-refractivity contribution in [2.45, 2.75) is 31.7 Å². The van der Waals surface area contributed by atoms with Crippen molar-refractivity contribution in [2.24, 2.45) is 5.92 Å². The molecule has 0 atom stereocenters. The van der Waals surface area contributed by atoms with Gasteiger partial charge in [0.25, 0.3) is 5.91 Å². The molecule has 0 spiro atoms. The average molecular weight is 293 g/mol. The number of carbonyl (C=O) groups is 1. The Morgan fingerprint density at radius 3 is 2.62 bits per heavy atom. The molecular weight excluding hydrogens is 274 g/mol. The zero-order valence-corrected chi connectivity index (χ0v) is 11.8.